The molecule has 0 radical (unpaired) electrons. The number of imide groups is 1. The molecule has 2 heterocycles. The summed E-state index contributed by atoms with van der Waals surface area (Å²) in [5.41, 5.74) is 3.78. The lowest BCUT2D eigenvalue weighted by molar-refractivity contribution is -0.124. The van der Waals surface area contributed by atoms with Crippen molar-refractivity contribution in [2.24, 2.45) is 0 Å². The van der Waals surface area contributed by atoms with E-state index in [1.54, 1.807) is 0 Å². The molecule has 1 aliphatic carbocycles. The van der Waals surface area contributed by atoms with Crippen LogP contribution >= 0.6 is 11.3 Å². The minimum absolute atomic E-state index is 0.105. The van der Waals surface area contributed by atoms with Gasteiger partial charge in [-0.1, -0.05) is 6.42 Å². The molecule has 4 amide bonds. The van der Waals surface area contributed by atoms with Crippen LogP contribution in [0, 0.1) is 0 Å². The van der Waals surface area contributed by atoms with E-state index < -0.39 is 6.03 Å². The Balaban J connectivity index is 1.71. The van der Waals surface area contributed by atoms with E-state index in [1.807, 2.05) is 6.07 Å². The highest BCUT2D eigenvalue weighted by molar-refractivity contribution is 7.14. The van der Waals surface area contributed by atoms with Gasteiger partial charge in [0.1, 0.15) is 6.54 Å². The molecule has 0 saturated carbocycles. The summed E-state index contributed by atoms with van der Waals surface area (Å²) in [6.07, 6.45) is 5.60. The summed E-state index contributed by atoms with van der Waals surface area (Å²) in [5.74, 6) is -0.633. The number of likely N-dealkylation sites (N-methyl/N-ethyl adjacent to an activating group) is 1. The molecule has 1 fully saturated rings. The predicted molar refractivity (Wildman–Crippen MR) is 77.9 cm³/mol. The summed E-state index contributed by atoms with van der Waals surface area (Å²) < 4.78 is 0. The van der Waals surface area contributed by atoms with Crippen LogP contribution in [0.4, 0.5) is 4.79 Å². The molecule has 1 saturated heterocycles. The molecule has 2 aliphatic rings. The molecule has 0 unspecified atom stereocenters. The number of rotatable bonds is 2. The van der Waals surface area contributed by atoms with Crippen LogP contribution in [-0.4, -0.2) is 41.3 Å². The second kappa shape index (κ2) is 5.48. The zero-order valence-electron chi connectivity index (χ0n) is 11.8. The van der Waals surface area contributed by atoms with Gasteiger partial charge in [0.05, 0.1) is 4.88 Å². The average molecular weight is 307 g/mol. The summed E-state index contributed by atoms with van der Waals surface area (Å²) >= 11 is 1.49. The van der Waals surface area contributed by atoms with Crippen molar-refractivity contribution in [2.45, 2.75) is 32.1 Å². The lowest BCUT2D eigenvalue weighted by Gasteiger charge is -2.15. The van der Waals surface area contributed by atoms with Crippen molar-refractivity contribution >= 4 is 29.2 Å². The van der Waals surface area contributed by atoms with Gasteiger partial charge in [0.2, 0.25) is 0 Å². The lowest BCUT2D eigenvalue weighted by atomic mass is 10.1. The number of amides is 4. The fourth-order valence-corrected chi connectivity index (χ4v) is 3.78. The van der Waals surface area contributed by atoms with E-state index in [-0.39, 0.29) is 18.4 Å². The first-order chi connectivity index (χ1) is 10.1. The van der Waals surface area contributed by atoms with Crippen molar-refractivity contribution < 1.29 is 14.4 Å². The maximum Gasteiger partial charge on any atom is 0.345 e. The SMILES string of the molecule is CN1C(=O)CN(NC(=O)c2cc3c(s2)CCCCC3)C1=O. The molecular formula is C14H17N3O3S. The Morgan fingerprint density at radius 1 is 1.24 bits per heavy atom. The third-order valence-electron chi connectivity index (χ3n) is 3.89. The molecule has 1 aliphatic heterocycles. The Hall–Kier alpha value is -1.89. The molecule has 1 aromatic heterocycles. The minimum atomic E-state index is -0.494. The second-order valence-electron chi connectivity index (χ2n) is 5.38. The van der Waals surface area contributed by atoms with Gasteiger partial charge in [-0.3, -0.25) is 19.9 Å². The van der Waals surface area contributed by atoms with Crippen molar-refractivity contribution in [3.8, 4) is 0 Å². The Kier molecular flexibility index (Phi) is 3.67. The molecule has 1 aromatic rings. The molecule has 1 N–H and O–H groups in total. The van der Waals surface area contributed by atoms with Crippen LogP contribution in [0.2, 0.25) is 0 Å². The van der Waals surface area contributed by atoms with Crippen LogP contribution < -0.4 is 5.43 Å². The number of urea groups is 1. The fraction of sp³-hybridized carbons (Fsp3) is 0.500. The third-order valence-corrected chi connectivity index (χ3v) is 5.13. The molecule has 0 aromatic carbocycles. The van der Waals surface area contributed by atoms with Crippen LogP contribution in [-0.2, 0) is 17.6 Å². The number of fused-ring (bicyclic) bond motifs is 1. The average Bonchev–Trinajstić information content (AvgIpc) is 2.88. The number of hydrazine groups is 1. The maximum atomic E-state index is 12.2. The highest BCUT2D eigenvalue weighted by atomic mass is 32.1. The van der Waals surface area contributed by atoms with Gasteiger partial charge in [-0.2, -0.15) is 0 Å². The first kappa shape index (κ1) is 14.1. The largest absolute Gasteiger partial charge is 0.345 e. The normalized spacial score (nSPS) is 18.7. The third kappa shape index (κ3) is 2.65. The van der Waals surface area contributed by atoms with Gasteiger partial charge in [-0.05, 0) is 37.3 Å². The Morgan fingerprint density at radius 3 is 2.71 bits per heavy atom. The number of nitrogens with zero attached hydrogens (tertiary/aromatic N) is 2. The quantitative estimate of drug-likeness (QED) is 0.666. The highest BCUT2D eigenvalue weighted by Crippen LogP contribution is 2.29. The predicted octanol–water partition coefficient (Wildman–Crippen LogP) is 1.56. The molecule has 21 heavy (non-hydrogen) atoms. The number of thiophene rings is 1. The Morgan fingerprint density at radius 2 is 2.00 bits per heavy atom. The monoisotopic (exact) mass is 307 g/mol. The Labute approximate surface area is 126 Å². The number of nitrogens with one attached hydrogen (secondary N) is 1. The first-order valence-electron chi connectivity index (χ1n) is 7.07. The first-order valence-corrected chi connectivity index (χ1v) is 7.88. The fourth-order valence-electron chi connectivity index (χ4n) is 2.64. The van der Waals surface area contributed by atoms with Gasteiger partial charge in [0, 0.05) is 11.9 Å². The van der Waals surface area contributed by atoms with E-state index in [0.29, 0.717) is 4.88 Å². The number of hydrogen-bond acceptors (Lipinski definition) is 4. The van der Waals surface area contributed by atoms with Gasteiger partial charge in [0.15, 0.2) is 0 Å². The van der Waals surface area contributed by atoms with E-state index in [0.717, 1.165) is 29.2 Å². The molecular weight excluding hydrogens is 290 g/mol. The van der Waals surface area contributed by atoms with Crippen molar-refractivity contribution in [3.05, 3.63) is 21.4 Å². The van der Waals surface area contributed by atoms with Crippen molar-refractivity contribution in [3.63, 3.8) is 0 Å². The topological polar surface area (TPSA) is 69.7 Å². The zero-order valence-corrected chi connectivity index (χ0v) is 12.7. The van der Waals surface area contributed by atoms with E-state index in [1.165, 1.54) is 41.7 Å². The van der Waals surface area contributed by atoms with Crippen LogP contribution in [0.25, 0.3) is 0 Å². The smallest absolute Gasteiger partial charge is 0.272 e. The summed E-state index contributed by atoms with van der Waals surface area (Å²) in [6, 6.07) is 1.43. The van der Waals surface area contributed by atoms with Crippen LogP contribution in [0.15, 0.2) is 6.07 Å². The molecule has 112 valence electrons. The van der Waals surface area contributed by atoms with Crippen LogP contribution in [0.1, 0.15) is 39.4 Å². The highest BCUT2D eigenvalue weighted by Gasteiger charge is 2.34. The summed E-state index contributed by atoms with van der Waals surface area (Å²) in [7, 11) is 1.41. The van der Waals surface area contributed by atoms with Gasteiger partial charge in [-0.15, -0.1) is 11.3 Å². The van der Waals surface area contributed by atoms with Crippen molar-refractivity contribution in [1.82, 2.24) is 15.3 Å². The van der Waals surface area contributed by atoms with E-state index >= 15 is 0 Å². The van der Waals surface area contributed by atoms with Crippen LogP contribution in [0.3, 0.4) is 0 Å². The minimum Gasteiger partial charge on any atom is -0.272 e. The van der Waals surface area contributed by atoms with E-state index in [9.17, 15) is 14.4 Å². The number of carbonyl (C=O) groups excluding carboxylic acids is 3. The van der Waals surface area contributed by atoms with E-state index in [2.05, 4.69) is 5.43 Å². The molecule has 6 nitrogen and oxygen atoms in total. The molecule has 0 spiro atoms. The van der Waals surface area contributed by atoms with Crippen LogP contribution in [0.5, 0.6) is 0 Å². The number of aryl methyl sites for hydroxylation is 2. The zero-order chi connectivity index (χ0) is 15.0. The summed E-state index contributed by atoms with van der Waals surface area (Å²) in [5, 5.41) is 1.07. The van der Waals surface area contributed by atoms with Gasteiger partial charge >= 0.3 is 6.03 Å². The van der Waals surface area contributed by atoms with Gasteiger partial charge in [0.25, 0.3) is 11.8 Å². The second-order valence-corrected chi connectivity index (χ2v) is 6.52. The maximum absolute atomic E-state index is 12.2. The number of hydrogen-bond donors (Lipinski definition) is 1. The van der Waals surface area contributed by atoms with Gasteiger partial charge in [-0.25, -0.2) is 9.80 Å². The molecule has 0 bridgehead atoms. The Bertz CT molecular complexity index is 587. The van der Waals surface area contributed by atoms with Crippen molar-refractivity contribution in [1.29, 1.82) is 0 Å². The summed E-state index contributed by atoms with van der Waals surface area (Å²) in [4.78, 5) is 38.3. The van der Waals surface area contributed by atoms with Crippen molar-refractivity contribution in [2.75, 3.05) is 13.6 Å². The van der Waals surface area contributed by atoms with E-state index in [4.69, 9.17) is 0 Å². The molecule has 7 heteroatoms. The lowest BCUT2D eigenvalue weighted by Crippen LogP contribution is -2.44. The molecule has 0 atom stereocenters. The van der Waals surface area contributed by atoms with Gasteiger partial charge < -0.3 is 0 Å². The number of carbonyl (C=O) groups is 3. The summed E-state index contributed by atoms with van der Waals surface area (Å²) in [6.45, 7) is -0.105. The standard InChI is InChI=1S/C14H17N3O3S/c1-16-12(18)8-17(14(16)20)15-13(19)11-7-9-5-3-2-4-6-10(9)21-11/h7H,2-6,8H2,1H3,(H,15,19). The molecule has 3 rings (SSSR count).